The summed E-state index contributed by atoms with van der Waals surface area (Å²) in [7, 11) is 0. The molecule has 0 saturated carbocycles. The van der Waals surface area contributed by atoms with Crippen LogP contribution in [0.25, 0.3) is 0 Å². The van der Waals surface area contributed by atoms with E-state index in [1.54, 1.807) is 0 Å². The monoisotopic (exact) mass is 230 g/mol. The minimum atomic E-state index is 0.268. The van der Waals surface area contributed by atoms with Gasteiger partial charge < -0.3 is 0 Å². The highest BCUT2D eigenvalue weighted by Gasteiger charge is 2.15. The van der Waals surface area contributed by atoms with Crippen molar-refractivity contribution in [2.45, 2.75) is 84.3 Å². The van der Waals surface area contributed by atoms with E-state index in [1.165, 1.54) is 44.9 Å². The Labute approximate surface area is 103 Å². The van der Waals surface area contributed by atoms with E-state index >= 15 is 0 Å². The molecule has 0 heterocycles. The van der Waals surface area contributed by atoms with E-state index in [2.05, 4.69) is 47.2 Å². The molecule has 0 saturated heterocycles. The topological polar surface area (TPSA) is 0 Å². The third-order valence-corrected chi connectivity index (χ3v) is 3.69. The predicted molar refractivity (Wildman–Crippen MR) is 74.8 cm³/mol. The predicted octanol–water partition coefficient (Wildman–Crippen LogP) is 5.47. The van der Waals surface area contributed by atoms with Crippen LogP contribution in [-0.2, 0) is 0 Å². The molecule has 1 unspecified atom stereocenters. The molecule has 0 rings (SSSR count). The Balaban J connectivity index is 3.33. The van der Waals surface area contributed by atoms with Gasteiger partial charge in [-0.25, -0.2) is 0 Å². The van der Waals surface area contributed by atoms with Gasteiger partial charge in [0.05, 0.1) is 0 Å². The molecule has 0 N–H and O–H groups in total. The number of hydrogen-bond acceptors (Lipinski definition) is 1. The molecule has 0 aromatic carbocycles. The van der Waals surface area contributed by atoms with Crippen LogP contribution in [0.4, 0.5) is 0 Å². The number of rotatable bonds is 7. The number of thiol groups is 1. The lowest BCUT2D eigenvalue weighted by Crippen LogP contribution is -2.14. The lowest BCUT2D eigenvalue weighted by molar-refractivity contribution is 0.355. The van der Waals surface area contributed by atoms with E-state index in [0.29, 0.717) is 5.41 Å². The quantitative estimate of drug-likeness (QED) is 0.435. The highest BCUT2D eigenvalue weighted by atomic mass is 32.1. The van der Waals surface area contributed by atoms with Crippen LogP contribution in [0, 0.1) is 5.41 Å². The maximum absolute atomic E-state index is 4.66. The Kier molecular flexibility index (Phi) is 6.99. The van der Waals surface area contributed by atoms with Crippen molar-refractivity contribution in [1.29, 1.82) is 0 Å². The molecule has 0 radical (unpaired) electrons. The SMILES string of the molecule is CCC(C)(S)CCCCCCC(C)(C)C. The molecule has 0 amide bonds. The van der Waals surface area contributed by atoms with Gasteiger partial charge in [-0.05, 0) is 24.7 Å². The van der Waals surface area contributed by atoms with Crippen LogP contribution >= 0.6 is 12.6 Å². The van der Waals surface area contributed by atoms with Gasteiger partial charge in [0.15, 0.2) is 0 Å². The van der Waals surface area contributed by atoms with Gasteiger partial charge in [0, 0.05) is 4.75 Å². The highest BCUT2D eigenvalue weighted by Crippen LogP contribution is 2.26. The first-order chi connectivity index (χ1) is 6.77. The van der Waals surface area contributed by atoms with Crippen molar-refractivity contribution in [3.63, 3.8) is 0 Å². The van der Waals surface area contributed by atoms with Crippen molar-refractivity contribution in [2.75, 3.05) is 0 Å². The van der Waals surface area contributed by atoms with Gasteiger partial charge in [-0.3, -0.25) is 0 Å². The average Bonchev–Trinajstić information content (AvgIpc) is 2.09. The fourth-order valence-corrected chi connectivity index (χ4v) is 1.85. The lowest BCUT2D eigenvalue weighted by atomic mass is 9.89. The Bertz CT molecular complexity index is 153. The van der Waals surface area contributed by atoms with Crippen molar-refractivity contribution >= 4 is 12.6 Å². The van der Waals surface area contributed by atoms with Crippen LogP contribution in [0.15, 0.2) is 0 Å². The fourth-order valence-electron chi connectivity index (χ4n) is 1.69. The van der Waals surface area contributed by atoms with Crippen LogP contribution in [0.5, 0.6) is 0 Å². The summed E-state index contributed by atoms with van der Waals surface area (Å²) in [5, 5.41) is 0. The molecule has 0 spiro atoms. The summed E-state index contributed by atoms with van der Waals surface area (Å²) in [5.74, 6) is 0. The summed E-state index contributed by atoms with van der Waals surface area (Å²) in [5.41, 5.74) is 0.515. The first-order valence-corrected chi connectivity index (χ1v) is 6.94. The molecule has 0 aliphatic carbocycles. The second-order valence-electron chi connectivity index (χ2n) is 6.33. The largest absolute Gasteiger partial charge is 0.173 e. The molecule has 0 bridgehead atoms. The molecular weight excluding hydrogens is 200 g/mol. The first-order valence-electron chi connectivity index (χ1n) is 6.49. The van der Waals surface area contributed by atoms with Crippen molar-refractivity contribution in [3.8, 4) is 0 Å². The highest BCUT2D eigenvalue weighted by molar-refractivity contribution is 7.81. The Morgan fingerprint density at radius 2 is 1.27 bits per heavy atom. The molecule has 0 nitrogen and oxygen atoms in total. The maximum atomic E-state index is 4.66. The molecule has 92 valence electrons. The van der Waals surface area contributed by atoms with E-state index < -0.39 is 0 Å². The van der Waals surface area contributed by atoms with Crippen LogP contribution in [0.1, 0.15) is 79.6 Å². The lowest BCUT2D eigenvalue weighted by Gasteiger charge is -2.21. The molecular formula is C14H30S. The van der Waals surface area contributed by atoms with Crippen LogP contribution < -0.4 is 0 Å². The normalized spacial score (nSPS) is 16.4. The summed E-state index contributed by atoms with van der Waals surface area (Å²) in [6.45, 7) is 11.5. The second kappa shape index (κ2) is 6.83. The zero-order valence-electron chi connectivity index (χ0n) is 11.4. The van der Waals surface area contributed by atoms with Gasteiger partial charge in [0.25, 0.3) is 0 Å². The van der Waals surface area contributed by atoms with Crippen molar-refractivity contribution < 1.29 is 0 Å². The minimum Gasteiger partial charge on any atom is -0.173 e. The second-order valence-corrected chi connectivity index (χ2v) is 7.41. The Morgan fingerprint density at radius 3 is 1.67 bits per heavy atom. The summed E-state index contributed by atoms with van der Waals surface area (Å²) in [4.78, 5) is 0. The van der Waals surface area contributed by atoms with Gasteiger partial charge in [0.1, 0.15) is 0 Å². The third kappa shape index (κ3) is 10.6. The van der Waals surface area contributed by atoms with Gasteiger partial charge in [0.2, 0.25) is 0 Å². The third-order valence-electron chi connectivity index (χ3n) is 3.15. The zero-order chi connectivity index (χ0) is 11.9. The molecule has 0 fully saturated rings. The van der Waals surface area contributed by atoms with E-state index in [0.717, 1.165) is 0 Å². The minimum absolute atomic E-state index is 0.268. The summed E-state index contributed by atoms with van der Waals surface area (Å²) in [6.07, 6.45) is 9.31. The van der Waals surface area contributed by atoms with Crippen molar-refractivity contribution in [1.82, 2.24) is 0 Å². The Morgan fingerprint density at radius 1 is 0.800 bits per heavy atom. The molecule has 0 aromatic heterocycles. The standard InChI is InChI=1S/C14H30S/c1-6-14(5,15)12-10-8-7-9-11-13(2,3)4/h15H,6-12H2,1-5H3. The molecule has 1 heteroatoms. The van der Waals surface area contributed by atoms with Crippen molar-refractivity contribution in [2.24, 2.45) is 5.41 Å². The van der Waals surface area contributed by atoms with Crippen LogP contribution in [-0.4, -0.2) is 4.75 Å². The van der Waals surface area contributed by atoms with Crippen molar-refractivity contribution in [3.05, 3.63) is 0 Å². The first kappa shape index (κ1) is 15.3. The van der Waals surface area contributed by atoms with E-state index in [1.807, 2.05) is 0 Å². The summed E-state index contributed by atoms with van der Waals surface area (Å²) >= 11 is 4.66. The molecule has 1 atom stereocenters. The number of hydrogen-bond donors (Lipinski definition) is 1. The molecule has 15 heavy (non-hydrogen) atoms. The van der Waals surface area contributed by atoms with Gasteiger partial charge in [-0.15, -0.1) is 0 Å². The molecule has 0 aromatic rings. The van der Waals surface area contributed by atoms with Gasteiger partial charge >= 0.3 is 0 Å². The van der Waals surface area contributed by atoms with Gasteiger partial charge in [-0.2, -0.15) is 12.6 Å². The van der Waals surface area contributed by atoms with Crippen LogP contribution in [0.3, 0.4) is 0 Å². The average molecular weight is 230 g/mol. The van der Waals surface area contributed by atoms with Crippen LogP contribution in [0.2, 0.25) is 0 Å². The molecule has 0 aliphatic rings. The maximum Gasteiger partial charge on any atom is 0.00987 e. The Hall–Kier alpha value is 0.350. The smallest absolute Gasteiger partial charge is 0.00987 e. The van der Waals surface area contributed by atoms with E-state index in [4.69, 9.17) is 0 Å². The fraction of sp³-hybridized carbons (Fsp3) is 1.00. The van der Waals surface area contributed by atoms with E-state index in [-0.39, 0.29) is 4.75 Å². The summed E-state index contributed by atoms with van der Waals surface area (Å²) in [6, 6.07) is 0. The van der Waals surface area contributed by atoms with Gasteiger partial charge in [-0.1, -0.05) is 60.3 Å². The number of unbranched alkanes of at least 4 members (excludes halogenated alkanes) is 3. The van der Waals surface area contributed by atoms with E-state index in [9.17, 15) is 0 Å². The molecule has 0 aliphatic heterocycles. The summed E-state index contributed by atoms with van der Waals surface area (Å²) < 4.78 is 0.268. The zero-order valence-corrected chi connectivity index (χ0v) is 12.3.